The fourth-order valence-corrected chi connectivity index (χ4v) is 6.77. The summed E-state index contributed by atoms with van der Waals surface area (Å²) in [6.45, 7) is 5.50. The van der Waals surface area contributed by atoms with Gasteiger partial charge in [0.2, 0.25) is 17.6 Å². The molecule has 8 nitrogen and oxygen atoms in total. The van der Waals surface area contributed by atoms with E-state index in [1.807, 2.05) is 26.8 Å². The van der Waals surface area contributed by atoms with Gasteiger partial charge < -0.3 is 14.6 Å². The van der Waals surface area contributed by atoms with E-state index in [1.54, 1.807) is 12.1 Å². The fourth-order valence-electron chi connectivity index (χ4n) is 6.33. The molecule has 1 N–H and O–H groups in total. The number of Topliss-reactive ketones (excluding diaryl/α,β-unsaturated/α-hetero) is 1. The number of rotatable bonds is 3. The number of halogens is 1. The third-order valence-corrected chi connectivity index (χ3v) is 8.43. The first kappa shape index (κ1) is 25.4. The molecule has 0 saturated carbocycles. The lowest BCUT2D eigenvalue weighted by Gasteiger charge is -2.42. The van der Waals surface area contributed by atoms with Gasteiger partial charge in [-0.1, -0.05) is 11.6 Å². The van der Waals surface area contributed by atoms with Crippen molar-refractivity contribution < 1.29 is 33.8 Å². The Morgan fingerprint density at radius 2 is 1.62 bits per heavy atom. The largest absolute Gasteiger partial charge is 0.502 e. The molecule has 0 bridgehead atoms. The van der Waals surface area contributed by atoms with E-state index in [-0.39, 0.29) is 51.5 Å². The Hall–Kier alpha value is -3.20. The smallest absolute Gasteiger partial charge is 0.234 e. The maximum absolute atomic E-state index is 13.7. The molecule has 1 aliphatic heterocycles. The lowest BCUT2D eigenvalue weighted by atomic mass is 9.59. The molecule has 1 heterocycles. The van der Waals surface area contributed by atoms with Crippen molar-refractivity contribution in [2.24, 2.45) is 17.8 Å². The van der Waals surface area contributed by atoms with Gasteiger partial charge in [-0.25, -0.2) is 0 Å². The zero-order chi connectivity index (χ0) is 27.0. The number of ether oxygens (including phenoxy) is 2. The second-order valence-corrected chi connectivity index (χ2v) is 11.7. The molecule has 1 saturated heterocycles. The number of carbonyl (C=O) groups excluding carboxylic acids is 4. The van der Waals surface area contributed by atoms with Gasteiger partial charge in [-0.15, -0.1) is 0 Å². The van der Waals surface area contributed by atoms with E-state index in [0.717, 1.165) is 5.57 Å². The summed E-state index contributed by atoms with van der Waals surface area (Å²) in [5.41, 5.74) is 1.41. The van der Waals surface area contributed by atoms with Crippen molar-refractivity contribution in [2.75, 3.05) is 14.2 Å². The lowest BCUT2D eigenvalue weighted by molar-refractivity contribution is -0.145. The molecule has 9 heteroatoms. The standard InChI is InChI=1S/C28H28BrNO7/c1-28(2,3)30-26(34)14-7-6-13-15(22(14)27(30)35)10-16-23(18(31)11-17(29)24(16)32)21(13)12-8-19(36-4)25(33)20(9-12)37-5/h6,8-9,11,14-15,21-22,33H,7,10H2,1-5H3/t14-,15+,21-,22-/m0/s1. The molecule has 1 aromatic rings. The van der Waals surface area contributed by atoms with Crippen molar-refractivity contribution >= 4 is 39.3 Å². The molecule has 2 amide bonds. The molecule has 4 aliphatic rings. The number of amides is 2. The Morgan fingerprint density at radius 3 is 2.19 bits per heavy atom. The molecule has 1 fully saturated rings. The normalized spacial score (nSPS) is 27.5. The number of hydrogen-bond acceptors (Lipinski definition) is 7. The summed E-state index contributed by atoms with van der Waals surface area (Å²) in [7, 11) is 2.83. The van der Waals surface area contributed by atoms with Crippen molar-refractivity contribution in [3.8, 4) is 17.2 Å². The number of phenols is 1. The highest BCUT2D eigenvalue weighted by atomic mass is 79.9. The average molecular weight is 570 g/mol. The number of ketones is 2. The van der Waals surface area contributed by atoms with Crippen LogP contribution in [-0.2, 0) is 19.2 Å². The van der Waals surface area contributed by atoms with Crippen LogP contribution in [0.3, 0.4) is 0 Å². The molecule has 4 atom stereocenters. The van der Waals surface area contributed by atoms with E-state index in [4.69, 9.17) is 9.47 Å². The predicted octanol–water partition coefficient (Wildman–Crippen LogP) is 3.97. The summed E-state index contributed by atoms with van der Waals surface area (Å²) in [4.78, 5) is 55.1. The third kappa shape index (κ3) is 3.69. The first-order valence-electron chi connectivity index (χ1n) is 12.1. The molecular formula is C28H28BrNO7. The van der Waals surface area contributed by atoms with E-state index in [1.165, 1.54) is 25.2 Å². The minimum absolute atomic E-state index is 0.158. The van der Waals surface area contributed by atoms with E-state index >= 15 is 0 Å². The first-order chi connectivity index (χ1) is 17.4. The molecule has 3 aliphatic carbocycles. The van der Waals surface area contributed by atoms with Crippen LogP contribution < -0.4 is 9.47 Å². The Kier molecular flexibility index (Phi) is 5.97. The van der Waals surface area contributed by atoms with Crippen LogP contribution >= 0.6 is 15.9 Å². The molecule has 0 spiro atoms. The second kappa shape index (κ2) is 8.68. The lowest BCUT2D eigenvalue weighted by Crippen LogP contribution is -2.46. The molecule has 37 heavy (non-hydrogen) atoms. The van der Waals surface area contributed by atoms with Crippen LogP contribution in [0.1, 0.15) is 45.1 Å². The summed E-state index contributed by atoms with van der Waals surface area (Å²) in [5, 5.41) is 10.5. The Morgan fingerprint density at radius 1 is 1.00 bits per heavy atom. The minimum Gasteiger partial charge on any atom is -0.502 e. The van der Waals surface area contributed by atoms with Gasteiger partial charge in [0, 0.05) is 28.7 Å². The van der Waals surface area contributed by atoms with E-state index in [2.05, 4.69) is 15.9 Å². The molecule has 0 aromatic heterocycles. The van der Waals surface area contributed by atoms with Crippen LogP contribution in [-0.4, -0.2) is 53.1 Å². The minimum atomic E-state index is -0.676. The van der Waals surface area contributed by atoms with Crippen LogP contribution in [0.25, 0.3) is 0 Å². The van der Waals surface area contributed by atoms with Crippen LogP contribution in [0.15, 0.2) is 45.5 Å². The molecule has 194 valence electrons. The Bertz CT molecular complexity index is 1340. The molecule has 5 rings (SSSR count). The van der Waals surface area contributed by atoms with Gasteiger partial charge in [0.15, 0.2) is 23.1 Å². The summed E-state index contributed by atoms with van der Waals surface area (Å²) >= 11 is 3.23. The maximum Gasteiger partial charge on any atom is 0.234 e. The number of phenolic OH excluding ortho intramolecular Hbond substituents is 1. The highest BCUT2D eigenvalue weighted by Gasteiger charge is 2.58. The summed E-state index contributed by atoms with van der Waals surface area (Å²) < 4.78 is 10.9. The van der Waals surface area contributed by atoms with Crippen molar-refractivity contribution in [3.63, 3.8) is 0 Å². The molecule has 0 radical (unpaired) electrons. The number of allylic oxidation sites excluding steroid dienone is 6. The van der Waals surface area contributed by atoms with Crippen molar-refractivity contribution in [1.29, 1.82) is 0 Å². The van der Waals surface area contributed by atoms with Crippen molar-refractivity contribution in [2.45, 2.75) is 45.1 Å². The highest BCUT2D eigenvalue weighted by Crippen LogP contribution is 2.56. The number of methoxy groups -OCH3 is 2. The van der Waals surface area contributed by atoms with E-state index < -0.39 is 29.2 Å². The number of benzene rings is 1. The number of carbonyl (C=O) groups is 4. The van der Waals surface area contributed by atoms with Crippen LogP contribution in [0, 0.1) is 17.8 Å². The molecule has 1 aromatic carbocycles. The highest BCUT2D eigenvalue weighted by molar-refractivity contribution is 9.12. The van der Waals surface area contributed by atoms with E-state index in [9.17, 15) is 24.3 Å². The Labute approximate surface area is 223 Å². The van der Waals surface area contributed by atoms with Crippen LogP contribution in [0.2, 0.25) is 0 Å². The quantitative estimate of drug-likeness (QED) is 0.333. The first-order valence-corrected chi connectivity index (χ1v) is 12.9. The van der Waals surface area contributed by atoms with Crippen molar-refractivity contribution in [3.05, 3.63) is 51.0 Å². The third-order valence-electron chi connectivity index (χ3n) is 7.84. The number of imide groups is 1. The fraction of sp³-hybridized carbons (Fsp3) is 0.429. The van der Waals surface area contributed by atoms with Gasteiger partial charge in [-0.05, 0) is 73.2 Å². The second-order valence-electron chi connectivity index (χ2n) is 10.9. The van der Waals surface area contributed by atoms with Gasteiger partial charge >= 0.3 is 0 Å². The van der Waals surface area contributed by atoms with Gasteiger partial charge in [-0.3, -0.25) is 24.1 Å². The summed E-state index contributed by atoms with van der Waals surface area (Å²) in [5.74, 6) is -3.16. The topological polar surface area (TPSA) is 110 Å². The number of likely N-dealkylation sites (tertiary alicyclic amines) is 1. The number of fused-ring (bicyclic) bond motifs is 3. The zero-order valence-electron chi connectivity index (χ0n) is 21.3. The monoisotopic (exact) mass is 569 g/mol. The summed E-state index contributed by atoms with van der Waals surface area (Å²) in [6, 6.07) is 3.24. The van der Waals surface area contributed by atoms with Gasteiger partial charge in [0.05, 0.1) is 30.5 Å². The van der Waals surface area contributed by atoms with Crippen LogP contribution in [0.4, 0.5) is 0 Å². The zero-order valence-corrected chi connectivity index (χ0v) is 22.8. The predicted molar refractivity (Wildman–Crippen MR) is 137 cm³/mol. The molecule has 0 unspecified atom stereocenters. The Balaban J connectivity index is 1.72. The summed E-state index contributed by atoms with van der Waals surface area (Å²) in [6.07, 6.45) is 3.78. The van der Waals surface area contributed by atoms with Crippen molar-refractivity contribution in [1.82, 2.24) is 4.90 Å². The van der Waals surface area contributed by atoms with Crippen LogP contribution in [0.5, 0.6) is 17.2 Å². The van der Waals surface area contributed by atoms with Gasteiger partial charge in [0.25, 0.3) is 0 Å². The van der Waals surface area contributed by atoms with Gasteiger partial charge in [-0.2, -0.15) is 0 Å². The maximum atomic E-state index is 13.7. The number of aromatic hydroxyl groups is 1. The number of nitrogens with zero attached hydrogens (tertiary/aromatic N) is 1. The van der Waals surface area contributed by atoms with E-state index in [0.29, 0.717) is 23.1 Å². The SMILES string of the molecule is COc1cc([C@H]2C3=CC[C@@H]4C(=O)N(C(C)(C)C)C(=O)[C@@H]4[C@@H]3CC3=C2C(=O)C=C(Br)C3=O)cc(OC)c1O. The average Bonchev–Trinajstić information content (AvgIpc) is 3.11. The molecular weight excluding hydrogens is 542 g/mol. The number of hydrogen-bond donors (Lipinski definition) is 1. The van der Waals surface area contributed by atoms with Gasteiger partial charge in [0.1, 0.15) is 0 Å².